The van der Waals surface area contributed by atoms with Crippen LogP contribution in [0.1, 0.15) is 50.6 Å². The number of aromatic nitrogens is 1. The average molecular weight is 430 g/mol. The number of fused-ring (bicyclic) bond motifs is 1. The molecular weight excluding hydrogens is 410 g/mol. The number of hydrogen-bond acceptors (Lipinski definition) is 5. The first-order valence-corrected chi connectivity index (χ1v) is 10.5. The van der Waals surface area contributed by atoms with E-state index in [1.165, 1.54) is 17.4 Å². The molecule has 1 saturated heterocycles. The highest BCUT2D eigenvalue weighted by Gasteiger charge is 2.29. The van der Waals surface area contributed by atoms with Crippen LogP contribution in [0.4, 0.5) is 0 Å². The molecule has 1 aliphatic heterocycles. The molecule has 29 heavy (non-hydrogen) atoms. The Morgan fingerprint density at radius 2 is 1.86 bits per heavy atom. The normalized spacial score (nSPS) is 16.3. The van der Waals surface area contributed by atoms with Gasteiger partial charge in [-0.2, -0.15) is 0 Å². The van der Waals surface area contributed by atoms with Gasteiger partial charge in [-0.3, -0.25) is 20.2 Å². The van der Waals surface area contributed by atoms with Gasteiger partial charge in [0, 0.05) is 16.3 Å². The van der Waals surface area contributed by atoms with E-state index < -0.39 is 17.8 Å². The van der Waals surface area contributed by atoms with Crippen LogP contribution in [-0.4, -0.2) is 32.6 Å². The Morgan fingerprint density at radius 1 is 1.21 bits per heavy atom. The van der Waals surface area contributed by atoms with Crippen molar-refractivity contribution in [2.24, 2.45) is 0 Å². The molecule has 7 nitrogen and oxygen atoms in total. The SMILES string of the molecule is Cc1cc(C=C2C(=O)NC(=S)NC2=O)c(C)n1-c1sc2c(c1C(=O)O)CCCC2. The number of thiocarbonyl (C=S) groups is 1. The smallest absolute Gasteiger partial charge is 0.339 e. The number of amides is 2. The number of aromatic carboxylic acids is 1. The number of nitrogens with zero attached hydrogens (tertiary/aromatic N) is 1. The molecule has 0 radical (unpaired) electrons. The molecule has 0 unspecified atom stereocenters. The third kappa shape index (κ3) is 3.30. The van der Waals surface area contributed by atoms with Gasteiger partial charge in [-0.1, -0.05) is 0 Å². The first-order chi connectivity index (χ1) is 13.8. The van der Waals surface area contributed by atoms with Gasteiger partial charge >= 0.3 is 5.97 Å². The van der Waals surface area contributed by atoms with Gasteiger partial charge in [0.05, 0.1) is 5.56 Å². The van der Waals surface area contributed by atoms with Crippen LogP contribution < -0.4 is 10.6 Å². The lowest BCUT2D eigenvalue weighted by molar-refractivity contribution is -0.123. The highest BCUT2D eigenvalue weighted by molar-refractivity contribution is 7.80. The Kier molecular flexibility index (Phi) is 4.87. The Morgan fingerprint density at radius 3 is 2.52 bits per heavy atom. The number of thiophene rings is 1. The molecule has 0 atom stereocenters. The van der Waals surface area contributed by atoms with E-state index in [0.717, 1.165) is 47.5 Å². The van der Waals surface area contributed by atoms with Gasteiger partial charge in [-0.05, 0) is 75.0 Å². The van der Waals surface area contributed by atoms with E-state index in [-0.39, 0.29) is 10.7 Å². The Labute approximate surface area is 176 Å². The summed E-state index contributed by atoms with van der Waals surface area (Å²) in [5.41, 5.74) is 3.55. The molecule has 2 amide bonds. The maximum atomic E-state index is 12.2. The molecule has 2 aromatic heterocycles. The van der Waals surface area contributed by atoms with Gasteiger partial charge in [-0.25, -0.2) is 4.79 Å². The number of carbonyl (C=O) groups excluding carboxylic acids is 2. The van der Waals surface area contributed by atoms with Crippen molar-refractivity contribution in [2.45, 2.75) is 39.5 Å². The van der Waals surface area contributed by atoms with Crippen LogP contribution in [0.25, 0.3) is 11.1 Å². The fourth-order valence-electron chi connectivity index (χ4n) is 3.94. The number of carbonyl (C=O) groups is 3. The first kappa shape index (κ1) is 19.5. The van der Waals surface area contributed by atoms with Gasteiger partial charge in [0.2, 0.25) is 0 Å². The van der Waals surface area contributed by atoms with Crippen molar-refractivity contribution in [1.82, 2.24) is 15.2 Å². The van der Waals surface area contributed by atoms with Crippen LogP contribution in [0.15, 0.2) is 11.6 Å². The van der Waals surface area contributed by atoms with Crippen molar-refractivity contribution in [1.29, 1.82) is 0 Å². The van der Waals surface area contributed by atoms with E-state index in [4.69, 9.17) is 12.2 Å². The third-order valence-electron chi connectivity index (χ3n) is 5.28. The van der Waals surface area contributed by atoms with Crippen molar-refractivity contribution < 1.29 is 19.5 Å². The van der Waals surface area contributed by atoms with E-state index in [0.29, 0.717) is 16.1 Å². The minimum absolute atomic E-state index is 0.0158. The van der Waals surface area contributed by atoms with Gasteiger partial charge in [0.1, 0.15) is 10.6 Å². The number of nitrogens with one attached hydrogen (secondary N) is 2. The summed E-state index contributed by atoms with van der Waals surface area (Å²) in [7, 11) is 0. The van der Waals surface area contributed by atoms with Crippen LogP contribution in [0.2, 0.25) is 0 Å². The molecule has 3 N–H and O–H groups in total. The second-order valence-electron chi connectivity index (χ2n) is 7.15. The minimum Gasteiger partial charge on any atom is -0.478 e. The maximum absolute atomic E-state index is 12.2. The molecule has 1 aliphatic carbocycles. The molecular formula is C20H19N3O4S2. The Hall–Kier alpha value is -2.78. The summed E-state index contributed by atoms with van der Waals surface area (Å²) in [4.78, 5) is 37.5. The minimum atomic E-state index is -0.925. The second-order valence-corrected chi connectivity index (χ2v) is 8.65. The molecule has 0 saturated carbocycles. The molecule has 0 aromatic carbocycles. The molecule has 1 fully saturated rings. The predicted molar refractivity (Wildman–Crippen MR) is 114 cm³/mol. The zero-order valence-electron chi connectivity index (χ0n) is 15.9. The summed E-state index contributed by atoms with van der Waals surface area (Å²) in [5.74, 6) is -2.03. The summed E-state index contributed by atoms with van der Waals surface area (Å²) in [5, 5.41) is 15.4. The lowest BCUT2D eigenvalue weighted by Gasteiger charge is -2.16. The number of aryl methyl sites for hydroxylation is 2. The topological polar surface area (TPSA) is 100 Å². The lowest BCUT2D eigenvalue weighted by Crippen LogP contribution is -2.51. The highest BCUT2D eigenvalue weighted by Crippen LogP contribution is 2.39. The van der Waals surface area contributed by atoms with Crippen LogP contribution >= 0.6 is 23.6 Å². The molecule has 150 valence electrons. The quantitative estimate of drug-likeness (QED) is 0.396. The van der Waals surface area contributed by atoms with Crippen LogP contribution in [-0.2, 0) is 22.4 Å². The number of carboxylic acids is 1. The maximum Gasteiger partial charge on any atom is 0.339 e. The number of carboxylic acid groups (broad SMARTS) is 1. The molecule has 3 heterocycles. The van der Waals surface area contributed by atoms with E-state index in [1.807, 2.05) is 24.5 Å². The van der Waals surface area contributed by atoms with Crippen LogP contribution in [0.5, 0.6) is 0 Å². The lowest BCUT2D eigenvalue weighted by atomic mass is 9.95. The van der Waals surface area contributed by atoms with Crippen LogP contribution in [0.3, 0.4) is 0 Å². The monoisotopic (exact) mass is 429 g/mol. The summed E-state index contributed by atoms with van der Waals surface area (Å²) < 4.78 is 1.90. The summed E-state index contributed by atoms with van der Waals surface area (Å²) in [6.45, 7) is 3.74. The number of hydrogen-bond donors (Lipinski definition) is 3. The molecule has 9 heteroatoms. The summed E-state index contributed by atoms with van der Waals surface area (Å²) in [6.07, 6.45) is 5.26. The van der Waals surface area contributed by atoms with Crippen LogP contribution in [0, 0.1) is 13.8 Å². The largest absolute Gasteiger partial charge is 0.478 e. The molecule has 4 rings (SSSR count). The average Bonchev–Trinajstić information content (AvgIpc) is 3.14. The van der Waals surface area contributed by atoms with Gasteiger partial charge < -0.3 is 9.67 Å². The molecule has 0 spiro atoms. The van der Waals surface area contributed by atoms with Crippen molar-refractivity contribution in [2.75, 3.05) is 0 Å². The van der Waals surface area contributed by atoms with E-state index in [9.17, 15) is 19.5 Å². The zero-order chi connectivity index (χ0) is 20.9. The van der Waals surface area contributed by atoms with Crippen molar-refractivity contribution in [3.63, 3.8) is 0 Å². The van der Waals surface area contributed by atoms with Crippen molar-refractivity contribution in [3.8, 4) is 5.00 Å². The Bertz CT molecular complexity index is 1100. The standard InChI is InChI=1S/C20H19N3O4S2/c1-9-7-11(8-13-16(24)21-20(28)22-17(13)25)10(2)23(9)18-15(19(26)27)12-5-3-4-6-14(12)29-18/h7-8H,3-6H2,1-2H3,(H,26,27)(H2,21,22,24,25,28). The Balaban J connectivity index is 1.84. The van der Waals surface area contributed by atoms with Gasteiger partial charge in [-0.15, -0.1) is 11.3 Å². The van der Waals surface area contributed by atoms with E-state index in [2.05, 4.69) is 10.6 Å². The zero-order valence-corrected chi connectivity index (χ0v) is 17.6. The summed E-state index contributed by atoms with van der Waals surface area (Å²) >= 11 is 6.34. The fourth-order valence-corrected chi connectivity index (χ4v) is 5.61. The van der Waals surface area contributed by atoms with E-state index in [1.54, 1.807) is 0 Å². The third-order valence-corrected chi connectivity index (χ3v) is 6.76. The predicted octanol–water partition coefficient (Wildman–Crippen LogP) is 2.65. The molecule has 0 bridgehead atoms. The first-order valence-electron chi connectivity index (χ1n) is 9.23. The van der Waals surface area contributed by atoms with Gasteiger partial charge in [0.25, 0.3) is 11.8 Å². The van der Waals surface area contributed by atoms with Crippen molar-refractivity contribution >= 4 is 52.5 Å². The van der Waals surface area contributed by atoms with E-state index >= 15 is 0 Å². The highest BCUT2D eigenvalue weighted by atomic mass is 32.1. The number of rotatable bonds is 3. The summed E-state index contributed by atoms with van der Waals surface area (Å²) in [6, 6.07) is 1.85. The second kappa shape index (κ2) is 7.23. The van der Waals surface area contributed by atoms with Crippen molar-refractivity contribution in [3.05, 3.63) is 44.6 Å². The molecule has 2 aromatic rings. The fraction of sp³-hybridized carbons (Fsp3) is 0.300. The van der Waals surface area contributed by atoms with Gasteiger partial charge in [0.15, 0.2) is 5.11 Å². The molecule has 2 aliphatic rings.